The minimum absolute atomic E-state index is 0.00729. The van der Waals surface area contributed by atoms with Gasteiger partial charge in [-0.1, -0.05) is 12.1 Å². The lowest BCUT2D eigenvalue weighted by molar-refractivity contribution is 0.0952. The van der Waals surface area contributed by atoms with Gasteiger partial charge in [0.15, 0.2) is 0 Å². The van der Waals surface area contributed by atoms with Crippen LogP contribution < -0.4 is 5.32 Å². The summed E-state index contributed by atoms with van der Waals surface area (Å²) >= 11 is 0. The average molecular weight is 327 g/mol. The van der Waals surface area contributed by atoms with Gasteiger partial charge in [-0.2, -0.15) is 5.10 Å². The Morgan fingerprint density at radius 3 is 2.79 bits per heavy atom. The third kappa shape index (κ3) is 4.03. The number of benzene rings is 1. The van der Waals surface area contributed by atoms with Crippen molar-refractivity contribution in [1.82, 2.24) is 15.1 Å². The second kappa shape index (κ2) is 7.62. The molecular weight excluding hydrogens is 302 g/mol. The van der Waals surface area contributed by atoms with Gasteiger partial charge in [-0.25, -0.2) is 0 Å². The van der Waals surface area contributed by atoms with Crippen LogP contribution in [0.1, 0.15) is 35.3 Å². The van der Waals surface area contributed by atoms with Crippen molar-refractivity contribution in [3.05, 3.63) is 41.7 Å². The Kier molecular flexibility index (Phi) is 5.30. The van der Waals surface area contributed by atoms with Gasteiger partial charge in [0.2, 0.25) is 0 Å². The fourth-order valence-electron chi connectivity index (χ4n) is 3.19. The number of aromatic nitrogens is 2. The van der Waals surface area contributed by atoms with Crippen molar-refractivity contribution in [3.63, 3.8) is 0 Å². The van der Waals surface area contributed by atoms with E-state index in [4.69, 9.17) is 4.74 Å². The monoisotopic (exact) mass is 327 g/mol. The maximum Gasteiger partial charge on any atom is 0.251 e. The predicted molar refractivity (Wildman–Crippen MR) is 93.9 cm³/mol. The van der Waals surface area contributed by atoms with Crippen LogP contribution in [-0.2, 0) is 11.8 Å². The molecule has 128 valence electrons. The standard InChI is InChI=1S/C19H25N3O2/c1-14-18(12-22(2)21-14)16-5-7-17(8-6-16)19(23)20-10-3-4-15-9-11-24-13-15/h5-8,12,15H,3-4,9-11,13H2,1-2H3,(H,20,23)/t15-/m0/s1. The molecule has 0 unspecified atom stereocenters. The Labute approximate surface area is 143 Å². The molecule has 1 atom stereocenters. The first kappa shape index (κ1) is 16.7. The molecule has 1 aromatic heterocycles. The van der Waals surface area contributed by atoms with Crippen LogP contribution in [-0.4, -0.2) is 35.4 Å². The van der Waals surface area contributed by atoms with Gasteiger partial charge in [0.25, 0.3) is 5.91 Å². The number of rotatable bonds is 6. The Hall–Kier alpha value is -2.14. The summed E-state index contributed by atoms with van der Waals surface area (Å²) in [7, 11) is 1.91. The lowest BCUT2D eigenvalue weighted by Gasteiger charge is -2.09. The molecule has 1 saturated heterocycles. The van der Waals surface area contributed by atoms with Crippen LogP contribution in [0.4, 0.5) is 0 Å². The van der Waals surface area contributed by atoms with E-state index in [1.165, 1.54) is 0 Å². The molecule has 0 bridgehead atoms. The first-order valence-corrected chi connectivity index (χ1v) is 8.60. The molecule has 0 spiro atoms. The van der Waals surface area contributed by atoms with Gasteiger partial charge in [0.05, 0.1) is 5.69 Å². The number of amides is 1. The fourth-order valence-corrected chi connectivity index (χ4v) is 3.19. The number of carbonyl (C=O) groups is 1. The zero-order valence-electron chi connectivity index (χ0n) is 14.4. The van der Waals surface area contributed by atoms with Crippen LogP contribution in [0.5, 0.6) is 0 Å². The first-order valence-electron chi connectivity index (χ1n) is 8.60. The molecule has 2 heterocycles. The molecule has 3 rings (SSSR count). The Morgan fingerprint density at radius 2 is 2.17 bits per heavy atom. The minimum atomic E-state index is -0.00729. The molecule has 5 heteroatoms. The highest BCUT2D eigenvalue weighted by molar-refractivity contribution is 5.94. The van der Waals surface area contributed by atoms with E-state index < -0.39 is 0 Å². The van der Waals surface area contributed by atoms with Crippen LogP contribution in [0.3, 0.4) is 0 Å². The fraction of sp³-hybridized carbons (Fsp3) is 0.474. The highest BCUT2D eigenvalue weighted by Crippen LogP contribution is 2.22. The number of nitrogens with zero attached hydrogens (tertiary/aromatic N) is 2. The third-order valence-corrected chi connectivity index (χ3v) is 4.57. The molecule has 5 nitrogen and oxygen atoms in total. The Morgan fingerprint density at radius 1 is 1.38 bits per heavy atom. The molecular formula is C19H25N3O2. The van der Waals surface area contributed by atoms with Gasteiger partial charge in [-0.05, 0) is 49.8 Å². The van der Waals surface area contributed by atoms with E-state index in [-0.39, 0.29) is 5.91 Å². The van der Waals surface area contributed by atoms with Gasteiger partial charge in [-0.15, -0.1) is 0 Å². The van der Waals surface area contributed by atoms with Gasteiger partial charge in [0, 0.05) is 44.1 Å². The van der Waals surface area contributed by atoms with Crippen molar-refractivity contribution in [2.24, 2.45) is 13.0 Å². The van der Waals surface area contributed by atoms with Gasteiger partial charge >= 0.3 is 0 Å². The Bertz CT molecular complexity index is 685. The summed E-state index contributed by atoms with van der Waals surface area (Å²) in [4.78, 5) is 12.2. The molecule has 1 aliphatic heterocycles. The van der Waals surface area contributed by atoms with Crippen LogP contribution in [0.2, 0.25) is 0 Å². The van der Waals surface area contributed by atoms with Crippen molar-refractivity contribution in [3.8, 4) is 11.1 Å². The first-order chi connectivity index (χ1) is 11.6. The number of nitrogens with one attached hydrogen (secondary N) is 1. The SMILES string of the molecule is Cc1nn(C)cc1-c1ccc(C(=O)NCCC[C@H]2CCOC2)cc1. The van der Waals surface area contributed by atoms with Crippen LogP contribution in [0.15, 0.2) is 30.5 Å². The summed E-state index contributed by atoms with van der Waals surface area (Å²) in [6.07, 6.45) is 5.28. The van der Waals surface area contributed by atoms with Crippen molar-refractivity contribution in [2.75, 3.05) is 19.8 Å². The van der Waals surface area contributed by atoms with Crippen LogP contribution in [0.25, 0.3) is 11.1 Å². The normalized spacial score (nSPS) is 17.2. The molecule has 24 heavy (non-hydrogen) atoms. The molecule has 1 aromatic carbocycles. The quantitative estimate of drug-likeness (QED) is 0.830. The van der Waals surface area contributed by atoms with Gasteiger partial charge < -0.3 is 10.1 Å². The van der Waals surface area contributed by atoms with Crippen LogP contribution >= 0.6 is 0 Å². The molecule has 0 radical (unpaired) electrons. The number of hydrogen-bond acceptors (Lipinski definition) is 3. The van der Waals surface area contributed by atoms with Gasteiger partial charge in [-0.3, -0.25) is 9.48 Å². The zero-order chi connectivity index (χ0) is 16.9. The van der Waals surface area contributed by atoms with Crippen molar-refractivity contribution >= 4 is 5.91 Å². The van der Waals surface area contributed by atoms with E-state index in [1.807, 2.05) is 44.4 Å². The molecule has 1 amide bonds. The maximum absolute atomic E-state index is 12.2. The largest absolute Gasteiger partial charge is 0.381 e. The number of aryl methyl sites for hydroxylation is 2. The topological polar surface area (TPSA) is 56.2 Å². The molecule has 0 saturated carbocycles. The highest BCUT2D eigenvalue weighted by atomic mass is 16.5. The maximum atomic E-state index is 12.2. The predicted octanol–water partition coefficient (Wildman–Crippen LogP) is 2.94. The summed E-state index contributed by atoms with van der Waals surface area (Å²) in [6.45, 7) is 4.48. The third-order valence-electron chi connectivity index (χ3n) is 4.57. The molecule has 2 aromatic rings. The smallest absolute Gasteiger partial charge is 0.251 e. The number of ether oxygens (including phenoxy) is 1. The second-order valence-corrected chi connectivity index (χ2v) is 6.51. The molecule has 1 aliphatic rings. The minimum Gasteiger partial charge on any atom is -0.381 e. The molecule has 0 aliphatic carbocycles. The number of hydrogen-bond donors (Lipinski definition) is 1. The Balaban J connectivity index is 1.51. The highest BCUT2D eigenvalue weighted by Gasteiger charge is 2.15. The second-order valence-electron chi connectivity index (χ2n) is 6.51. The van der Waals surface area contributed by atoms with E-state index in [1.54, 1.807) is 4.68 Å². The molecule has 1 N–H and O–H groups in total. The van der Waals surface area contributed by atoms with Gasteiger partial charge in [0.1, 0.15) is 0 Å². The summed E-state index contributed by atoms with van der Waals surface area (Å²) < 4.78 is 7.18. The van der Waals surface area contributed by atoms with E-state index in [0.717, 1.165) is 55.8 Å². The average Bonchev–Trinajstić information content (AvgIpc) is 3.21. The summed E-state index contributed by atoms with van der Waals surface area (Å²) in [5.41, 5.74) is 3.87. The van der Waals surface area contributed by atoms with E-state index in [0.29, 0.717) is 11.5 Å². The van der Waals surface area contributed by atoms with Crippen molar-refractivity contribution < 1.29 is 9.53 Å². The van der Waals surface area contributed by atoms with Crippen molar-refractivity contribution in [2.45, 2.75) is 26.2 Å². The van der Waals surface area contributed by atoms with Crippen LogP contribution in [0, 0.1) is 12.8 Å². The zero-order valence-corrected chi connectivity index (χ0v) is 14.4. The van der Waals surface area contributed by atoms with E-state index >= 15 is 0 Å². The van der Waals surface area contributed by atoms with E-state index in [2.05, 4.69) is 10.4 Å². The lowest BCUT2D eigenvalue weighted by atomic mass is 10.0. The summed E-state index contributed by atoms with van der Waals surface area (Å²) in [5.74, 6) is 0.663. The number of carbonyl (C=O) groups excluding carboxylic acids is 1. The summed E-state index contributed by atoms with van der Waals surface area (Å²) in [5, 5.41) is 7.36. The van der Waals surface area contributed by atoms with Crippen molar-refractivity contribution in [1.29, 1.82) is 0 Å². The molecule has 1 fully saturated rings. The lowest BCUT2D eigenvalue weighted by Crippen LogP contribution is -2.24. The van der Waals surface area contributed by atoms with E-state index in [9.17, 15) is 4.79 Å². The summed E-state index contributed by atoms with van der Waals surface area (Å²) in [6, 6.07) is 7.72.